The first-order valence-corrected chi connectivity index (χ1v) is 15.0. The molecule has 1 saturated heterocycles. The lowest BCUT2D eigenvalue weighted by atomic mass is 9.95. The largest absolute Gasteiger partial charge is 0.507 e. The van der Waals surface area contributed by atoms with Crippen molar-refractivity contribution in [2.45, 2.75) is 42.8 Å². The number of anilines is 1. The van der Waals surface area contributed by atoms with Gasteiger partial charge in [0, 0.05) is 11.3 Å². The fourth-order valence-corrected chi connectivity index (χ4v) is 6.20. The summed E-state index contributed by atoms with van der Waals surface area (Å²) in [7, 11) is 0. The first kappa shape index (κ1) is 28.5. The van der Waals surface area contributed by atoms with E-state index >= 15 is 0 Å². The Hall–Kier alpha value is -4.02. The molecular weight excluding hydrogens is 561 g/mol. The highest BCUT2D eigenvalue weighted by Crippen LogP contribution is 2.44. The third-order valence-electron chi connectivity index (χ3n) is 6.61. The zero-order chi connectivity index (χ0) is 28.9. The van der Waals surface area contributed by atoms with Crippen LogP contribution in [-0.2, 0) is 15.3 Å². The van der Waals surface area contributed by atoms with E-state index in [0.29, 0.717) is 33.6 Å². The minimum absolute atomic E-state index is 0.106. The van der Waals surface area contributed by atoms with Crippen molar-refractivity contribution in [2.75, 3.05) is 11.5 Å². The number of ketones is 1. The number of hydrogen-bond acceptors (Lipinski definition) is 8. The van der Waals surface area contributed by atoms with Gasteiger partial charge < -0.3 is 9.84 Å². The number of carbonyl (C=O) groups excluding carboxylic acids is 2. The third-order valence-corrected chi connectivity index (χ3v) is 8.74. The van der Waals surface area contributed by atoms with Crippen LogP contribution in [0.15, 0.2) is 82.7 Å². The summed E-state index contributed by atoms with van der Waals surface area (Å²) in [5.41, 5.74) is 2.99. The molecule has 1 aromatic heterocycles. The van der Waals surface area contributed by atoms with Gasteiger partial charge >= 0.3 is 5.91 Å². The highest BCUT2D eigenvalue weighted by Gasteiger charge is 2.48. The smallest absolute Gasteiger partial charge is 0.301 e. The van der Waals surface area contributed by atoms with E-state index < -0.39 is 23.5 Å². The zero-order valence-electron chi connectivity index (χ0n) is 22.5. The second-order valence-electron chi connectivity index (χ2n) is 9.57. The van der Waals surface area contributed by atoms with E-state index in [0.717, 1.165) is 18.4 Å². The maximum Gasteiger partial charge on any atom is 0.301 e. The lowest BCUT2D eigenvalue weighted by molar-refractivity contribution is -0.132. The fourth-order valence-electron chi connectivity index (χ4n) is 4.38. The van der Waals surface area contributed by atoms with E-state index in [4.69, 9.17) is 4.74 Å². The van der Waals surface area contributed by atoms with Crippen LogP contribution in [0.5, 0.6) is 5.75 Å². The number of amides is 1. The van der Waals surface area contributed by atoms with Crippen LogP contribution in [0.4, 0.5) is 9.52 Å². The minimum Gasteiger partial charge on any atom is -0.507 e. The number of benzene rings is 3. The molecule has 10 heteroatoms. The lowest BCUT2D eigenvalue weighted by Crippen LogP contribution is -2.29. The first-order chi connectivity index (χ1) is 19.9. The quantitative estimate of drug-likeness (QED) is 0.0528. The van der Waals surface area contributed by atoms with Crippen LogP contribution >= 0.6 is 23.1 Å². The van der Waals surface area contributed by atoms with Gasteiger partial charge in [-0.1, -0.05) is 78.4 Å². The molecule has 7 nitrogen and oxygen atoms in total. The van der Waals surface area contributed by atoms with Gasteiger partial charge in [0.2, 0.25) is 5.13 Å². The molecule has 0 spiro atoms. The van der Waals surface area contributed by atoms with Crippen molar-refractivity contribution in [3.8, 4) is 5.75 Å². The SMILES string of the molecule is CCCCOc1ccc(/C(O)=C2\C(=O)C(=O)N(c3nnc(SCc4ccc(C)cc4)s3)C2c2ccc(F)cc2)cc1. The van der Waals surface area contributed by atoms with Crippen LogP contribution in [0.3, 0.4) is 0 Å². The Morgan fingerprint density at radius 3 is 2.41 bits per heavy atom. The number of aryl methyl sites for hydroxylation is 1. The predicted octanol–water partition coefficient (Wildman–Crippen LogP) is 7.08. The van der Waals surface area contributed by atoms with Gasteiger partial charge in [-0.15, -0.1) is 10.2 Å². The highest BCUT2D eigenvalue weighted by molar-refractivity contribution is 8.00. The van der Waals surface area contributed by atoms with Crippen LogP contribution in [0.2, 0.25) is 0 Å². The molecule has 1 N–H and O–H groups in total. The van der Waals surface area contributed by atoms with Crippen molar-refractivity contribution >= 4 is 45.7 Å². The molecule has 1 amide bonds. The van der Waals surface area contributed by atoms with E-state index in [-0.39, 0.29) is 16.5 Å². The highest BCUT2D eigenvalue weighted by atomic mass is 32.2. The summed E-state index contributed by atoms with van der Waals surface area (Å²) in [5, 5.41) is 20.0. The zero-order valence-corrected chi connectivity index (χ0v) is 24.2. The molecule has 1 aliphatic heterocycles. The molecule has 41 heavy (non-hydrogen) atoms. The maximum absolute atomic E-state index is 13.8. The van der Waals surface area contributed by atoms with Gasteiger partial charge in [0.25, 0.3) is 5.78 Å². The van der Waals surface area contributed by atoms with Gasteiger partial charge in [0.15, 0.2) is 4.34 Å². The number of carbonyl (C=O) groups is 2. The molecule has 210 valence electrons. The summed E-state index contributed by atoms with van der Waals surface area (Å²) < 4.78 is 20.1. The predicted molar refractivity (Wildman–Crippen MR) is 159 cm³/mol. The number of halogens is 1. The van der Waals surface area contributed by atoms with Crippen molar-refractivity contribution in [3.63, 3.8) is 0 Å². The standard InChI is InChI=1S/C31H28FN3O4S2/c1-3-4-17-39-24-15-11-22(12-16-24)27(36)25-26(21-9-13-23(32)14-10-21)35(29(38)28(25)37)30-33-34-31(41-30)40-18-20-7-5-19(2)6-8-20/h5-16,26,36H,3-4,17-18H2,1-2H3/b27-25+. The van der Waals surface area contributed by atoms with Gasteiger partial charge in [-0.05, 0) is 60.9 Å². The number of aromatic nitrogens is 2. The molecule has 3 aromatic carbocycles. The lowest BCUT2D eigenvalue weighted by Gasteiger charge is -2.22. The Balaban J connectivity index is 1.47. The van der Waals surface area contributed by atoms with Gasteiger partial charge in [0.05, 0.1) is 18.2 Å². The molecule has 5 rings (SSSR count). The van der Waals surface area contributed by atoms with Crippen molar-refractivity contribution < 1.29 is 23.8 Å². The molecule has 1 fully saturated rings. The summed E-state index contributed by atoms with van der Waals surface area (Å²) >= 11 is 2.65. The Labute approximate surface area is 245 Å². The third kappa shape index (κ3) is 6.34. The molecule has 2 heterocycles. The Morgan fingerprint density at radius 2 is 1.73 bits per heavy atom. The molecule has 4 aromatic rings. The Morgan fingerprint density at radius 1 is 1.02 bits per heavy atom. The van der Waals surface area contributed by atoms with Gasteiger partial charge in [-0.25, -0.2) is 4.39 Å². The van der Waals surface area contributed by atoms with Crippen LogP contribution in [0, 0.1) is 12.7 Å². The number of aliphatic hydroxyl groups is 1. The summed E-state index contributed by atoms with van der Waals surface area (Å²) in [6.45, 7) is 4.67. The van der Waals surface area contributed by atoms with Gasteiger partial charge in [0.1, 0.15) is 17.3 Å². The van der Waals surface area contributed by atoms with E-state index in [9.17, 15) is 19.1 Å². The number of ether oxygens (including phenoxy) is 1. The van der Waals surface area contributed by atoms with Crippen LogP contribution in [0.25, 0.3) is 5.76 Å². The molecule has 0 aliphatic carbocycles. The molecule has 1 unspecified atom stereocenters. The number of Topliss-reactive ketones (excluding diaryl/α,β-unsaturated/α-hetero) is 1. The Kier molecular flexibility index (Phi) is 8.80. The van der Waals surface area contributed by atoms with Crippen molar-refractivity contribution in [1.29, 1.82) is 0 Å². The van der Waals surface area contributed by atoms with Crippen LogP contribution < -0.4 is 9.64 Å². The van der Waals surface area contributed by atoms with Crippen molar-refractivity contribution in [3.05, 3.63) is 106 Å². The summed E-state index contributed by atoms with van der Waals surface area (Å²) in [4.78, 5) is 28.0. The van der Waals surface area contributed by atoms with Gasteiger partial charge in [-0.2, -0.15) is 0 Å². The van der Waals surface area contributed by atoms with Crippen LogP contribution in [0.1, 0.15) is 48.1 Å². The van der Waals surface area contributed by atoms with Crippen molar-refractivity contribution in [2.24, 2.45) is 0 Å². The molecule has 0 saturated carbocycles. The van der Waals surface area contributed by atoms with E-state index in [2.05, 4.69) is 17.1 Å². The molecular formula is C31H28FN3O4S2. The molecule has 0 bridgehead atoms. The number of unbranched alkanes of at least 4 members (excludes halogenated alkanes) is 1. The van der Waals surface area contributed by atoms with Gasteiger partial charge in [-0.3, -0.25) is 14.5 Å². The minimum atomic E-state index is -1.01. The normalized spacial score (nSPS) is 16.4. The number of rotatable bonds is 10. The molecule has 0 radical (unpaired) electrons. The first-order valence-electron chi connectivity index (χ1n) is 13.2. The molecule has 1 aliphatic rings. The maximum atomic E-state index is 13.8. The second-order valence-corrected chi connectivity index (χ2v) is 11.8. The summed E-state index contributed by atoms with van der Waals surface area (Å²) in [5.74, 6) is -1.20. The van der Waals surface area contributed by atoms with E-state index in [1.807, 2.05) is 31.2 Å². The second kappa shape index (κ2) is 12.7. The number of nitrogens with zero attached hydrogens (tertiary/aromatic N) is 3. The van der Waals surface area contributed by atoms with Crippen molar-refractivity contribution in [1.82, 2.24) is 10.2 Å². The fraction of sp³-hybridized carbons (Fsp3) is 0.226. The number of aliphatic hydroxyl groups excluding tert-OH is 1. The average Bonchev–Trinajstić information content (AvgIpc) is 3.55. The Bertz CT molecular complexity index is 1570. The summed E-state index contributed by atoms with van der Waals surface area (Å²) in [6.07, 6.45) is 1.92. The number of hydrogen-bond donors (Lipinski definition) is 1. The van der Waals surface area contributed by atoms with Crippen LogP contribution in [-0.4, -0.2) is 33.6 Å². The monoisotopic (exact) mass is 589 g/mol. The molecule has 1 atom stereocenters. The van der Waals surface area contributed by atoms with E-state index in [1.165, 1.54) is 57.8 Å². The summed E-state index contributed by atoms with van der Waals surface area (Å²) in [6, 6.07) is 19.3. The topological polar surface area (TPSA) is 92.6 Å². The average molecular weight is 590 g/mol. The van der Waals surface area contributed by atoms with E-state index in [1.54, 1.807) is 24.3 Å². The number of thioether (sulfide) groups is 1.